The van der Waals surface area contributed by atoms with E-state index < -0.39 is 40.1 Å². The SMILES string of the molecule is CCCCN(CCCN(CCCCN(CCCN(CCCC)S(=O)(=O)c1c(C)cc(C)cc1C)S(=O)(=O)c1c(C)cc(C)cc1C)S(=O)(=O)c1c(C)cc(C)cc1C)S(=O)(=O)c1c(C)cc(C)cc1C. The van der Waals surface area contributed by atoms with Crippen LogP contribution in [0.4, 0.5) is 0 Å². The standard InChI is InChI=1S/C54H82N4O8S4/c1-15-17-23-55(67(59,60)51-43(7)31-39(3)32-44(51)8)27-21-29-57(69(63,64)53-47(11)35-41(5)36-48(53)12)25-19-20-26-58(70(65,66)54-49(13)37-42(6)38-50(54)14)30-22-28-56(24-18-16-2)68(61,62)52-45(9)33-40(4)34-46(52)10/h31-38H,15-30H2,1-14H3. The van der Waals surface area contributed by atoms with Gasteiger partial charge in [-0.2, -0.15) is 17.2 Å². The predicted molar refractivity (Wildman–Crippen MR) is 286 cm³/mol. The molecule has 0 aliphatic carbocycles. The average Bonchev–Trinajstić information content (AvgIpc) is 3.20. The van der Waals surface area contributed by atoms with Crippen LogP contribution in [0.15, 0.2) is 68.1 Å². The molecule has 0 heterocycles. The molecule has 390 valence electrons. The second-order valence-corrected chi connectivity index (χ2v) is 27.1. The third-order valence-electron chi connectivity index (χ3n) is 13.0. The molecule has 0 radical (unpaired) electrons. The largest absolute Gasteiger partial charge is 0.243 e. The molecule has 0 fully saturated rings. The first-order chi connectivity index (χ1) is 32.6. The zero-order valence-corrected chi connectivity index (χ0v) is 47.9. The van der Waals surface area contributed by atoms with Crippen molar-refractivity contribution in [1.29, 1.82) is 0 Å². The summed E-state index contributed by atoms with van der Waals surface area (Å²) in [4.78, 5) is 0.999. The minimum Gasteiger partial charge on any atom is -0.207 e. The van der Waals surface area contributed by atoms with Gasteiger partial charge in [0.25, 0.3) is 0 Å². The molecule has 0 atom stereocenters. The van der Waals surface area contributed by atoms with Crippen molar-refractivity contribution in [2.45, 2.75) is 168 Å². The van der Waals surface area contributed by atoms with Crippen LogP contribution in [0.25, 0.3) is 0 Å². The van der Waals surface area contributed by atoms with Gasteiger partial charge in [-0.25, -0.2) is 33.7 Å². The molecule has 16 heteroatoms. The molecule has 0 aliphatic rings. The first-order valence-corrected chi connectivity index (χ1v) is 30.7. The van der Waals surface area contributed by atoms with Crippen molar-refractivity contribution in [1.82, 2.24) is 17.2 Å². The predicted octanol–water partition coefficient (Wildman–Crippen LogP) is 10.6. The summed E-state index contributed by atoms with van der Waals surface area (Å²) in [7, 11) is -16.0. The summed E-state index contributed by atoms with van der Waals surface area (Å²) in [5, 5.41) is 0. The molecule has 70 heavy (non-hydrogen) atoms. The summed E-state index contributed by atoms with van der Waals surface area (Å²) in [6.07, 6.45) is 3.95. The summed E-state index contributed by atoms with van der Waals surface area (Å²) in [5.41, 5.74) is 8.96. The Morgan fingerprint density at radius 2 is 0.429 bits per heavy atom. The van der Waals surface area contributed by atoms with E-state index in [9.17, 15) is 33.7 Å². The fourth-order valence-electron chi connectivity index (χ4n) is 10.3. The maximum Gasteiger partial charge on any atom is 0.243 e. The highest BCUT2D eigenvalue weighted by atomic mass is 32.2. The molecule has 0 saturated carbocycles. The lowest BCUT2D eigenvalue weighted by molar-refractivity contribution is 0.333. The van der Waals surface area contributed by atoms with Crippen molar-refractivity contribution < 1.29 is 33.7 Å². The summed E-state index contributed by atoms with van der Waals surface area (Å²) in [6, 6.07) is 14.9. The molecule has 0 bridgehead atoms. The van der Waals surface area contributed by atoms with Crippen molar-refractivity contribution >= 4 is 40.1 Å². The minimum atomic E-state index is -4.09. The molecule has 4 aromatic carbocycles. The Morgan fingerprint density at radius 3 is 0.600 bits per heavy atom. The fourth-order valence-corrected chi connectivity index (χ4v) is 18.0. The van der Waals surface area contributed by atoms with E-state index in [2.05, 4.69) is 0 Å². The molecule has 0 unspecified atom stereocenters. The van der Waals surface area contributed by atoms with Crippen molar-refractivity contribution in [3.63, 3.8) is 0 Å². The van der Waals surface area contributed by atoms with Gasteiger partial charge in [-0.15, -0.1) is 0 Å². The number of nitrogens with zero attached hydrogens (tertiary/aromatic N) is 4. The lowest BCUT2D eigenvalue weighted by atomic mass is 10.1. The van der Waals surface area contributed by atoms with Crippen molar-refractivity contribution in [3.05, 3.63) is 115 Å². The highest BCUT2D eigenvalue weighted by Crippen LogP contribution is 2.31. The van der Waals surface area contributed by atoms with E-state index in [0.29, 0.717) is 83.3 Å². The van der Waals surface area contributed by atoms with Gasteiger partial charge in [0.05, 0.1) is 19.6 Å². The Balaban J connectivity index is 1.66. The van der Waals surface area contributed by atoms with Crippen LogP contribution in [-0.2, 0) is 40.1 Å². The van der Waals surface area contributed by atoms with Gasteiger partial charge in [-0.3, -0.25) is 0 Å². The number of rotatable bonds is 27. The molecular weight excluding hydrogens is 961 g/mol. The van der Waals surface area contributed by atoms with Gasteiger partial charge in [-0.05, 0) is 166 Å². The molecule has 4 rings (SSSR count). The highest BCUT2D eigenvalue weighted by molar-refractivity contribution is 7.90. The molecule has 0 saturated heterocycles. The minimum absolute atomic E-state index is 0.0465. The number of benzene rings is 4. The van der Waals surface area contributed by atoms with E-state index in [0.717, 1.165) is 35.1 Å². The Morgan fingerprint density at radius 1 is 0.271 bits per heavy atom. The van der Waals surface area contributed by atoms with Gasteiger partial charge in [0.2, 0.25) is 40.1 Å². The number of aryl methyl sites for hydroxylation is 12. The van der Waals surface area contributed by atoms with Crippen LogP contribution in [0.2, 0.25) is 0 Å². The smallest absolute Gasteiger partial charge is 0.207 e. The van der Waals surface area contributed by atoms with Crippen LogP contribution >= 0.6 is 0 Å². The number of unbranched alkanes of at least 4 members (excludes halogenated alkanes) is 3. The summed E-state index contributed by atoms with van der Waals surface area (Å²) in [5.74, 6) is 0. The molecule has 4 aromatic rings. The molecule has 12 nitrogen and oxygen atoms in total. The van der Waals surface area contributed by atoms with Crippen LogP contribution in [0.5, 0.6) is 0 Å². The summed E-state index contributed by atoms with van der Waals surface area (Å²) in [6.45, 7) is 27.1. The lowest BCUT2D eigenvalue weighted by Gasteiger charge is -2.29. The van der Waals surface area contributed by atoms with E-state index in [-0.39, 0.29) is 71.7 Å². The van der Waals surface area contributed by atoms with Gasteiger partial charge in [0.15, 0.2) is 0 Å². The zero-order chi connectivity index (χ0) is 52.5. The Kier molecular flexibility index (Phi) is 21.1. The van der Waals surface area contributed by atoms with Gasteiger partial charge in [-0.1, -0.05) is 97.5 Å². The van der Waals surface area contributed by atoms with E-state index in [4.69, 9.17) is 0 Å². The summed E-state index contributed by atoms with van der Waals surface area (Å²) < 4.78 is 122. The van der Waals surface area contributed by atoms with Crippen molar-refractivity contribution in [2.24, 2.45) is 0 Å². The Hall–Kier alpha value is -3.48. The Labute approximate surface area is 424 Å². The number of hydrogen-bond acceptors (Lipinski definition) is 8. The third kappa shape index (κ3) is 14.2. The van der Waals surface area contributed by atoms with Crippen molar-refractivity contribution in [3.8, 4) is 0 Å². The molecule has 0 amide bonds. The first-order valence-electron chi connectivity index (χ1n) is 24.9. The van der Waals surface area contributed by atoms with E-state index in [1.165, 1.54) is 17.2 Å². The molecule has 0 spiro atoms. The first kappa shape index (κ1) is 59.1. The Bertz CT molecular complexity index is 2640. The fraction of sp³-hybridized carbons (Fsp3) is 0.556. The molecule has 0 N–H and O–H groups in total. The highest BCUT2D eigenvalue weighted by Gasteiger charge is 2.33. The van der Waals surface area contributed by atoms with Crippen LogP contribution in [0.1, 0.15) is 132 Å². The topological polar surface area (TPSA) is 150 Å². The van der Waals surface area contributed by atoms with Crippen LogP contribution in [0, 0.1) is 83.1 Å². The van der Waals surface area contributed by atoms with Crippen molar-refractivity contribution in [2.75, 3.05) is 52.4 Å². The molecule has 0 aliphatic heterocycles. The third-order valence-corrected chi connectivity index (χ3v) is 21.8. The number of hydrogen-bond donors (Lipinski definition) is 0. The quantitative estimate of drug-likeness (QED) is 0.0536. The van der Waals surface area contributed by atoms with E-state index in [1.54, 1.807) is 27.7 Å². The van der Waals surface area contributed by atoms with Crippen LogP contribution in [-0.4, -0.2) is 103 Å². The van der Waals surface area contributed by atoms with Gasteiger partial charge in [0, 0.05) is 52.4 Å². The van der Waals surface area contributed by atoms with Gasteiger partial charge >= 0.3 is 0 Å². The average molecular weight is 1040 g/mol. The number of sulfonamides is 4. The van der Waals surface area contributed by atoms with Crippen LogP contribution in [0.3, 0.4) is 0 Å². The molecular formula is C54H82N4O8S4. The summed E-state index contributed by atoms with van der Waals surface area (Å²) >= 11 is 0. The van der Waals surface area contributed by atoms with Gasteiger partial charge < -0.3 is 0 Å². The van der Waals surface area contributed by atoms with E-state index in [1.807, 2.05) is 118 Å². The molecule has 0 aromatic heterocycles. The van der Waals surface area contributed by atoms with Gasteiger partial charge in [0.1, 0.15) is 0 Å². The van der Waals surface area contributed by atoms with Crippen LogP contribution < -0.4 is 0 Å². The monoisotopic (exact) mass is 1040 g/mol. The van der Waals surface area contributed by atoms with E-state index >= 15 is 0 Å². The second kappa shape index (κ2) is 25.0. The second-order valence-electron chi connectivity index (χ2n) is 19.6. The maximum atomic E-state index is 14.8. The zero-order valence-electron chi connectivity index (χ0n) is 44.6. The maximum absolute atomic E-state index is 14.8. The lowest BCUT2D eigenvalue weighted by Crippen LogP contribution is -2.39. The normalized spacial score (nSPS) is 12.9.